The van der Waals surface area contributed by atoms with Gasteiger partial charge in [-0.05, 0) is 49.7 Å². The Balaban J connectivity index is 1.20. The maximum atomic E-state index is 12.4. The number of hydrogen-bond donors (Lipinski definition) is 3. The number of rotatable bonds is 7. The van der Waals surface area contributed by atoms with Crippen molar-refractivity contribution in [3.8, 4) is 12.3 Å². The fourth-order valence-electron chi connectivity index (χ4n) is 4.44. The van der Waals surface area contributed by atoms with E-state index >= 15 is 0 Å². The van der Waals surface area contributed by atoms with E-state index in [9.17, 15) is 9.59 Å². The second-order valence-corrected chi connectivity index (χ2v) is 10.0. The molecule has 0 radical (unpaired) electrons. The number of fused-ring (bicyclic) bond motifs is 1. The minimum absolute atomic E-state index is 0.0443. The van der Waals surface area contributed by atoms with Crippen LogP contribution in [0.25, 0.3) is 5.57 Å². The first-order valence-corrected chi connectivity index (χ1v) is 12.1. The van der Waals surface area contributed by atoms with Gasteiger partial charge in [-0.2, -0.15) is 11.8 Å². The van der Waals surface area contributed by atoms with Crippen molar-refractivity contribution in [3.63, 3.8) is 0 Å². The van der Waals surface area contributed by atoms with Crippen molar-refractivity contribution in [2.75, 3.05) is 5.75 Å². The van der Waals surface area contributed by atoms with Crippen LogP contribution in [0.5, 0.6) is 0 Å². The van der Waals surface area contributed by atoms with Gasteiger partial charge in [0.2, 0.25) is 5.91 Å². The van der Waals surface area contributed by atoms with Gasteiger partial charge in [-0.15, -0.1) is 17.8 Å². The Morgan fingerprint density at radius 2 is 2.28 bits per heavy atom. The number of amides is 3. The Hall–Kier alpha value is -1.98. The van der Waals surface area contributed by atoms with Gasteiger partial charge in [0.05, 0.1) is 23.8 Å². The standard InChI is InChI=1S/C21H26N4O2S2/c1-3-19-23-15(10-29-19)13-8-9-14(12(13)2)22-18(26)7-5-4-6-17-20-16(11-28-17)24-21(27)25-20/h1,10,14,16-17,20H,4-9,11H2,2H3,(H,22,26)(H2,24,25,27)/t14?,16-,17?,20-/m0/s1. The van der Waals surface area contributed by atoms with Crippen molar-refractivity contribution in [1.29, 1.82) is 0 Å². The molecule has 0 saturated carbocycles. The molecule has 1 aromatic rings. The number of allylic oxidation sites excluding steroid dienone is 1. The molecule has 2 saturated heterocycles. The molecule has 8 heteroatoms. The molecule has 4 rings (SSSR count). The summed E-state index contributed by atoms with van der Waals surface area (Å²) in [5.74, 6) is 3.68. The van der Waals surface area contributed by atoms with Crippen LogP contribution >= 0.6 is 23.1 Å². The second-order valence-electron chi connectivity index (χ2n) is 7.87. The summed E-state index contributed by atoms with van der Waals surface area (Å²) in [5.41, 5.74) is 3.37. The summed E-state index contributed by atoms with van der Waals surface area (Å²) in [6, 6.07) is 0.560. The lowest BCUT2D eigenvalue weighted by Crippen LogP contribution is -2.36. The van der Waals surface area contributed by atoms with Crippen LogP contribution in [0.1, 0.15) is 56.2 Å². The van der Waals surface area contributed by atoms with E-state index in [0.29, 0.717) is 16.7 Å². The number of unbranched alkanes of at least 4 members (excludes halogenated alkanes) is 1. The average Bonchev–Trinajstić information content (AvgIpc) is 3.45. The first kappa shape index (κ1) is 20.3. The Morgan fingerprint density at radius 1 is 1.41 bits per heavy atom. The molecule has 0 bridgehead atoms. The summed E-state index contributed by atoms with van der Waals surface area (Å²) in [6.07, 6.45) is 10.7. The lowest BCUT2D eigenvalue weighted by Gasteiger charge is -2.17. The summed E-state index contributed by atoms with van der Waals surface area (Å²) >= 11 is 3.41. The predicted molar refractivity (Wildman–Crippen MR) is 118 cm³/mol. The number of nitrogens with one attached hydrogen (secondary N) is 3. The largest absolute Gasteiger partial charge is 0.350 e. The summed E-state index contributed by atoms with van der Waals surface area (Å²) in [6.45, 7) is 2.08. The molecule has 1 aromatic heterocycles. The van der Waals surface area contributed by atoms with Crippen LogP contribution in [0.4, 0.5) is 4.79 Å². The number of thioether (sulfide) groups is 1. The van der Waals surface area contributed by atoms with E-state index in [-0.39, 0.29) is 30.1 Å². The minimum Gasteiger partial charge on any atom is -0.350 e. The van der Waals surface area contributed by atoms with E-state index in [1.54, 1.807) is 0 Å². The van der Waals surface area contributed by atoms with Crippen molar-refractivity contribution in [2.45, 2.75) is 68.8 Å². The highest BCUT2D eigenvalue weighted by molar-refractivity contribution is 8.00. The molecule has 2 fully saturated rings. The van der Waals surface area contributed by atoms with Gasteiger partial charge in [-0.25, -0.2) is 9.78 Å². The lowest BCUT2D eigenvalue weighted by molar-refractivity contribution is -0.121. The molecule has 6 nitrogen and oxygen atoms in total. The Morgan fingerprint density at radius 3 is 3.07 bits per heavy atom. The van der Waals surface area contributed by atoms with Crippen molar-refractivity contribution in [2.24, 2.45) is 0 Å². The van der Waals surface area contributed by atoms with Gasteiger partial charge < -0.3 is 16.0 Å². The molecule has 2 unspecified atom stereocenters. The number of urea groups is 1. The van der Waals surface area contributed by atoms with Crippen LogP contribution in [-0.2, 0) is 4.79 Å². The zero-order valence-electron chi connectivity index (χ0n) is 16.5. The highest BCUT2D eigenvalue weighted by atomic mass is 32.2. The van der Waals surface area contributed by atoms with Gasteiger partial charge in [0.15, 0.2) is 5.01 Å². The van der Waals surface area contributed by atoms with Crippen molar-refractivity contribution in [1.82, 2.24) is 20.9 Å². The molecule has 3 amide bonds. The summed E-state index contributed by atoms with van der Waals surface area (Å²) in [7, 11) is 0. The van der Waals surface area contributed by atoms with Gasteiger partial charge in [0, 0.05) is 22.8 Å². The fraction of sp³-hybridized carbons (Fsp3) is 0.571. The lowest BCUT2D eigenvalue weighted by atomic mass is 10.0. The molecule has 3 aliphatic rings. The number of thiazole rings is 1. The minimum atomic E-state index is -0.0443. The van der Waals surface area contributed by atoms with Crippen molar-refractivity contribution in [3.05, 3.63) is 21.7 Å². The van der Waals surface area contributed by atoms with E-state index in [0.717, 1.165) is 43.6 Å². The molecular formula is C21H26N4O2S2. The zero-order chi connectivity index (χ0) is 20.4. The Kier molecular flexibility index (Phi) is 6.16. The van der Waals surface area contributed by atoms with Gasteiger partial charge >= 0.3 is 6.03 Å². The highest BCUT2D eigenvalue weighted by Crippen LogP contribution is 2.35. The summed E-state index contributed by atoms with van der Waals surface area (Å²) < 4.78 is 0. The van der Waals surface area contributed by atoms with Crippen LogP contribution < -0.4 is 16.0 Å². The first-order valence-electron chi connectivity index (χ1n) is 10.2. The highest BCUT2D eigenvalue weighted by Gasteiger charge is 2.42. The normalized spacial score (nSPS) is 28.1. The van der Waals surface area contributed by atoms with E-state index in [2.05, 4.69) is 33.8 Å². The number of aromatic nitrogens is 1. The van der Waals surface area contributed by atoms with Crippen LogP contribution in [0.2, 0.25) is 0 Å². The summed E-state index contributed by atoms with van der Waals surface area (Å²) in [4.78, 5) is 28.3. The maximum Gasteiger partial charge on any atom is 0.315 e. The molecule has 154 valence electrons. The molecule has 0 aromatic carbocycles. The van der Waals surface area contributed by atoms with Gasteiger partial charge in [-0.3, -0.25) is 4.79 Å². The first-order chi connectivity index (χ1) is 14.0. The van der Waals surface area contributed by atoms with E-state index in [4.69, 9.17) is 6.42 Å². The van der Waals surface area contributed by atoms with Crippen LogP contribution in [0, 0.1) is 12.3 Å². The maximum absolute atomic E-state index is 12.4. The molecule has 2 aliphatic heterocycles. The Labute approximate surface area is 179 Å². The third-order valence-electron chi connectivity index (χ3n) is 6.03. The molecule has 3 heterocycles. The number of terminal acetylenes is 1. The van der Waals surface area contributed by atoms with E-state index in [1.807, 2.05) is 17.1 Å². The second kappa shape index (κ2) is 8.80. The number of hydrogen-bond acceptors (Lipinski definition) is 5. The molecular weight excluding hydrogens is 404 g/mol. The average molecular weight is 431 g/mol. The quantitative estimate of drug-likeness (QED) is 0.353. The topological polar surface area (TPSA) is 83.1 Å². The van der Waals surface area contributed by atoms with Crippen molar-refractivity contribution >= 4 is 40.6 Å². The van der Waals surface area contributed by atoms with Gasteiger partial charge in [-0.1, -0.05) is 6.42 Å². The number of carbonyl (C=O) groups is 2. The monoisotopic (exact) mass is 430 g/mol. The molecule has 4 atom stereocenters. The number of carbonyl (C=O) groups excluding carboxylic acids is 2. The van der Waals surface area contributed by atoms with Gasteiger partial charge in [0.1, 0.15) is 0 Å². The van der Waals surface area contributed by atoms with Crippen LogP contribution in [-0.4, -0.2) is 46.1 Å². The van der Waals surface area contributed by atoms with Crippen molar-refractivity contribution < 1.29 is 9.59 Å². The zero-order valence-corrected chi connectivity index (χ0v) is 18.1. The van der Waals surface area contributed by atoms with Crippen LogP contribution in [0.15, 0.2) is 11.0 Å². The Bertz CT molecular complexity index is 872. The van der Waals surface area contributed by atoms with E-state index < -0.39 is 0 Å². The molecule has 29 heavy (non-hydrogen) atoms. The number of nitrogens with zero attached hydrogens (tertiary/aromatic N) is 1. The van der Waals surface area contributed by atoms with Gasteiger partial charge in [0.25, 0.3) is 0 Å². The molecule has 3 N–H and O–H groups in total. The fourth-order valence-corrected chi connectivity index (χ4v) is 6.62. The predicted octanol–water partition coefficient (Wildman–Crippen LogP) is 2.90. The molecule has 0 spiro atoms. The van der Waals surface area contributed by atoms with E-state index in [1.165, 1.54) is 22.5 Å². The smallest absolute Gasteiger partial charge is 0.315 e. The van der Waals surface area contributed by atoms with Crippen LogP contribution in [0.3, 0.4) is 0 Å². The summed E-state index contributed by atoms with van der Waals surface area (Å²) in [5, 5.41) is 12.3. The molecule has 1 aliphatic carbocycles. The SMILES string of the molecule is C#Cc1nc(C2=C(C)C(NC(=O)CCCCC3SC[C@@H]4NC(=O)N[C@H]34)CC2)cs1. The third-order valence-corrected chi connectivity index (χ3v) is 8.32. The third kappa shape index (κ3) is 4.46.